The van der Waals surface area contributed by atoms with Gasteiger partial charge in [-0.25, -0.2) is 15.0 Å². The minimum atomic E-state index is 0. The molecule has 0 bridgehead atoms. The van der Waals surface area contributed by atoms with Crippen molar-refractivity contribution < 1.29 is 4.42 Å². The fourth-order valence-electron chi connectivity index (χ4n) is 3.34. The lowest BCUT2D eigenvalue weighted by molar-refractivity contribution is 0.493. The summed E-state index contributed by atoms with van der Waals surface area (Å²) in [4.78, 5) is 19.3. The van der Waals surface area contributed by atoms with Crippen molar-refractivity contribution in [1.29, 1.82) is 0 Å². The summed E-state index contributed by atoms with van der Waals surface area (Å²) in [5, 5.41) is 6.56. The number of nitrogens with zero attached hydrogens (tertiary/aromatic N) is 6. The molecule has 0 N–H and O–H groups in total. The topological polar surface area (TPSA) is 82.5 Å². The van der Waals surface area contributed by atoms with Crippen LogP contribution in [-0.4, -0.2) is 29.7 Å². The van der Waals surface area contributed by atoms with Crippen LogP contribution in [0.25, 0.3) is 0 Å². The minimum Gasteiger partial charge on any atom is -0.446 e. The molecule has 5 aromatic heterocycles. The molecule has 9 heteroatoms. The van der Waals surface area contributed by atoms with E-state index in [1.807, 2.05) is 86.3 Å². The maximum atomic E-state index is 5.10. The van der Waals surface area contributed by atoms with E-state index in [0.717, 1.165) is 28.7 Å². The van der Waals surface area contributed by atoms with E-state index in [0.29, 0.717) is 0 Å². The van der Waals surface area contributed by atoms with Crippen LogP contribution in [0.5, 0.6) is 0 Å². The Morgan fingerprint density at radius 2 is 1.07 bits per heavy atom. The Balaban J connectivity index is -0.000000229. The second-order valence-electron chi connectivity index (χ2n) is 9.95. The predicted molar refractivity (Wildman–Crippen MR) is 201 cm³/mol. The first kappa shape index (κ1) is 48.7. The average molecular weight is 661 g/mol. The van der Waals surface area contributed by atoms with Crippen LogP contribution >= 0.6 is 22.7 Å². The zero-order valence-electron chi connectivity index (χ0n) is 27.6. The molecule has 0 aliphatic rings. The van der Waals surface area contributed by atoms with Crippen LogP contribution in [0.1, 0.15) is 106 Å². The van der Waals surface area contributed by atoms with Gasteiger partial charge in [0.25, 0.3) is 0 Å². The number of oxazole rings is 1. The molecule has 5 rings (SSSR count). The summed E-state index contributed by atoms with van der Waals surface area (Å²) >= 11 is 3.52. The maximum absolute atomic E-state index is 5.10. The Hall–Kier alpha value is -3.17. The highest BCUT2D eigenvalue weighted by Crippen LogP contribution is 2.15. The smallest absolute Gasteiger partial charge is 0.191 e. The second-order valence-corrected chi connectivity index (χ2v) is 12.8. The standard InChI is InChI=1S/C7H12N2.C7H9N.C6H9NO.2C6H9NS.4CH4/c1-5-6(2)8-9(4)7(5)3;1-6-4-3-5-8-7(6)2;3*1-4-5(2)8-6(3)7-4;;;;/h1-4H3;3-5H,1-2H3;3*1-3H3;4*1H4. The molecule has 0 radical (unpaired) electrons. The predicted octanol–water partition coefficient (Wildman–Crippen LogP) is 11.3. The Kier molecular flexibility index (Phi) is 25.1. The van der Waals surface area contributed by atoms with Crippen LogP contribution in [-0.2, 0) is 7.05 Å². The summed E-state index contributed by atoms with van der Waals surface area (Å²) in [6.07, 6.45) is 1.81. The van der Waals surface area contributed by atoms with Gasteiger partial charge in [0, 0.05) is 41.3 Å². The first-order valence-corrected chi connectivity index (χ1v) is 15.2. The number of rotatable bonds is 0. The normalized spacial score (nSPS) is 8.96. The van der Waals surface area contributed by atoms with Crippen LogP contribution in [0.15, 0.2) is 22.7 Å². The molecule has 0 aliphatic heterocycles. The first-order chi connectivity index (χ1) is 19.0. The highest BCUT2D eigenvalue weighted by Gasteiger charge is 2.01. The number of hydrogen-bond acceptors (Lipinski definition) is 8. The number of thiazole rings is 2. The van der Waals surface area contributed by atoms with E-state index in [9.17, 15) is 0 Å². The van der Waals surface area contributed by atoms with E-state index in [1.165, 1.54) is 48.0 Å². The van der Waals surface area contributed by atoms with Gasteiger partial charge in [0.15, 0.2) is 5.89 Å². The molecular weight excluding hydrogens is 597 g/mol. The lowest BCUT2D eigenvalue weighted by Crippen LogP contribution is -1.92. The molecular formula is C36H64N6OS2. The lowest BCUT2D eigenvalue weighted by atomic mass is 10.2. The van der Waals surface area contributed by atoms with Gasteiger partial charge in [-0.05, 0) is 107 Å². The molecule has 0 aliphatic carbocycles. The fourth-order valence-corrected chi connectivity index (χ4v) is 4.98. The van der Waals surface area contributed by atoms with Gasteiger partial charge in [-0.3, -0.25) is 9.67 Å². The van der Waals surface area contributed by atoms with Crippen LogP contribution in [0.3, 0.4) is 0 Å². The van der Waals surface area contributed by atoms with Gasteiger partial charge in [-0.15, -0.1) is 22.7 Å². The van der Waals surface area contributed by atoms with Crippen molar-refractivity contribution in [3.05, 3.63) is 95.0 Å². The van der Waals surface area contributed by atoms with Gasteiger partial charge in [-0.1, -0.05) is 35.8 Å². The number of hydrogen-bond donors (Lipinski definition) is 0. The molecule has 5 aromatic rings. The molecule has 256 valence electrons. The summed E-state index contributed by atoms with van der Waals surface area (Å²) < 4.78 is 7.01. The molecule has 0 atom stereocenters. The van der Waals surface area contributed by atoms with Crippen molar-refractivity contribution in [2.75, 3.05) is 0 Å². The van der Waals surface area contributed by atoms with Crippen molar-refractivity contribution in [2.24, 2.45) is 7.05 Å². The van der Waals surface area contributed by atoms with Crippen molar-refractivity contribution in [2.45, 2.75) is 127 Å². The minimum absolute atomic E-state index is 0. The molecule has 0 unspecified atom stereocenters. The van der Waals surface area contributed by atoms with Crippen molar-refractivity contribution in [1.82, 2.24) is 29.7 Å². The van der Waals surface area contributed by atoms with E-state index in [1.54, 1.807) is 22.7 Å². The average Bonchev–Trinajstić information content (AvgIpc) is 3.53. The monoisotopic (exact) mass is 660 g/mol. The highest BCUT2D eigenvalue weighted by atomic mass is 32.1. The van der Waals surface area contributed by atoms with Crippen molar-refractivity contribution >= 4 is 22.7 Å². The number of aromatic nitrogens is 6. The summed E-state index contributed by atoms with van der Waals surface area (Å²) in [6.45, 7) is 28.3. The maximum Gasteiger partial charge on any atom is 0.191 e. The van der Waals surface area contributed by atoms with E-state index in [-0.39, 0.29) is 29.7 Å². The van der Waals surface area contributed by atoms with E-state index in [2.05, 4.69) is 65.7 Å². The molecule has 0 fully saturated rings. The third kappa shape index (κ3) is 17.2. The second kappa shape index (κ2) is 23.2. The highest BCUT2D eigenvalue weighted by molar-refractivity contribution is 7.11. The SMILES string of the molecule is C.C.C.C.Cc1cccnc1C.Cc1nc(C)c(C)o1.Cc1nc(C)c(C)s1.Cc1nc(C)c(C)s1.Cc1nn(C)c(C)c1C. The third-order valence-electron chi connectivity index (χ3n) is 6.55. The Bertz CT molecular complexity index is 1300. The fraction of sp³-hybridized carbons (Fsp3) is 0.528. The molecule has 0 aromatic carbocycles. The molecule has 0 spiro atoms. The molecule has 0 saturated carbocycles. The van der Waals surface area contributed by atoms with Crippen LogP contribution < -0.4 is 0 Å². The summed E-state index contributed by atoms with van der Waals surface area (Å²) in [5.41, 5.74) is 9.41. The number of aryl methyl sites for hydroxylation is 13. The zero-order chi connectivity index (χ0) is 31.4. The largest absolute Gasteiger partial charge is 0.446 e. The van der Waals surface area contributed by atoms with Crippen molar-refractivity contribution in [3.8, 4) is 0 Å². The number of pyridine rings is 1. The molecule has 0 saturated heterocycles. The van der Waals surface area contributed by atoms with Gasteiger partial charge in [0.05, 0.1) is 32.8 Å². The summed E-state index contributed by atoms with van der Waals surface area (Å²) in [5.74, 6) is 1.67. The molecule has 7 nitrogen and oxygen atoms in total. The Morgan fingerprint density at radius 3 is 1.20 bits per heavy atom. The van der Waals surface area contributed by atoms with Gasteiger partial charge in [0.1, 0.15) is 5.76 Å². The quantitative estimate of drug-likeness (QED) is 0.164. The van der Waals surface area contributed by atoms with Crippen LogP contribution in [0.2, 0.25) is 0 Å². The third-order valence-corrected chi connectivity index (χ3v) is 8.52. The Labute approximate surface area is 284 Å². The molecule has 45 heavy (non-hydrogen) atoms. The Morgan fingerprint density at radius 1 is 0.600 bits per heavy atom. The summed E-state index contributed by atoms with van der Waals surface area (Å²) in [6, 6.07) is 4.00. The van der Waals surface area contributed by atoms with Gasteiger partial charge < -0.3 is 4.42 Å². The first-order valence-electron chi connectivity index (χ1n) is 13.6. The lowest BCUT2D eigenvalue weighted by Gasteiger charge is -1.92. The van der Waals surface area contributed by atoms with E-state index >= 15 is 0 Å². The molecule has 0 amide bonds. The van der Waals surface area contributed by atoms with Crippen LogP contribution in [0, 0.1) is 96.9 Å². The van der Waals surface area contributed by atoms with Gasteiger partial charge >= 0.3 is 0 Å². The van der Waals surface area contributed by atoms with E-state index < -0.39 is 0 Å². The zero-order valence-corrected chi connectivity index (χ0v) is 29.3. The van der Waals surface area contributed by atoms with Gasteiger partial charge in [0.2, 0.25) is 0 Å². The van der Waals surface area contributed by atoms with Crippen molar-refractivity contribution in [3.63, 3.8) is 0 Å². The van der Waals surface area contributed by atoms with E-state index in [4.69, 9.17) is 4.42 Å². The molecule has 5 heterocycles. The van der Waals surface area contributed by atoms with Crippen LogP contribution in [0.4, 0.5) is 0 Å². The van der Waals surface area contributed by atoms with Gasteiger partial charge in [-0.2, -0.15) is 5.10 Å². The summed E-state index contributed by atoms with van der Waals surface area (Å²) in [7, 11) is 1.97.